The Kier molecular flexibility index (Phi) is 7.59. The molecule has 194 valence electrons. The van der Waals surface area contributed by atoms with E-state index < -0.39 is 21.4 Å². The number of hydrogen-bond acceptors (Lipinski definition) is 11. The van der Waals surface area contributed by atoms with Crippen LogP contribution in [0.25, 0.3) is 17.2 Å². The Morgan fingerprint density at radius 1 is 0.946 bits per heavy atom. The lowest BCUT2D eigenvalue weighted by Crippen LogP contribution is -2.33. The van der Waals surface area contributed by atoms with E-state index in [1.54, 1.807) is 30.6 Å². The van der Waals surface area contributed by atoms with Gasteiger partial charge in [-0.05, 0) is 31.5 Å². The minimum atomic E-state index is -4.12. The first-order valence-electron chi connectivity index (χ1n) is 11.1. The van der Waals surface area contributed by atoms with Crippen LogP contribution in [0.1, 0.15) is 24.4 Å². The summed E-state index contributed by atoms with van der Waals surface area (Å²) in [5.41, 5.74) is 1.56. The van der Waals surface area contributed by atoms with Gasteiger partial charge < -0.3 is 14.2 Å². The molecule has 3 aromatic heterocycles. The van der Waals surface area contributed by atoms with Crippen LogP contribution in [-0.2, 0) is 14.8 Å². The Morgan fingerprint density at radius 3 is 2.19 bits per heavy atom. The molecule has 1 N–H and O–H groups in total. The number of nitrogens with zero attached hydrogens (tertiary/aromatic N) is 7. The van der Waals surface area contributed by atoms with Gasteiger partial charge in [-0.15, -0.1) is 10.2 Å². The summed E-state index contributed by atoms with van der Waals surface area (Å²) in [5.74, 6) is 1.11. The van der Waals surface area contributed by atoms with E-state index >= 15 is 0 Å². The number of nitrogens with one attached hydrogen (secondary N) is 1. The maximum atomic E-state index is 13.6. The van der Waals surface area contributed by atoms with Gasteiger partial charge in [-0.2, -0.15) is 0 Å². The molecule has 0 unspecified atom stereocenters. The molecular formula is C23H26N8O5S. The largest absolute Gasteiger partial charge is 0.494 e. The highest BCUT2D eigenvalue weighted by atomic mass is 32.2. The van der Waals surface area contributed by atoms with Crippen molar-refractivity contribution in [3.8, 4) is 28.7 Å². The first-order valence-corrected chi connectivity index (χ1v) is 12.6. The molecule has 4 rings (SSSR count). The van der Waals surface area contributed by atoms with Crippen molar-refractivity contribution in [3.05, 3.63) is 60.6 Å². The second kappa shape index (κ2) is 10.8. The van der Waals surface area contributed by atoms with Crippen LogP contribution in [0.2, 0.25) is 0 Å². The first kappa shape index (κ1) is 25.9. The normalized spacial score (nSPS) is 13.1. The fourth-order valence-corrected chi connectivity index (χ4v) is 4.76. The Hall–Kier alpha value is -4.17. The number of benzene rings is 1. The van der Waals surface area contributed by atoms with Crippen molar-refractivity contribution in [3.63, 3.8) is 0 Å². The van der Waals surface area contributed by atoms with Crippen molar-refractivity contribution < 1.29 is 22.6 Å². The van der Waals surface area contributed by atoms with Gasteiger partial charge in [0.1, 0.15) is 34.2 Å². The van der Waals surface area contributed by atoms with E-state index in [2.05, 4.69) is 34.9 Å². The summed E-state index contributed by atoms with van der Waals surface area (Å²) in [7, 11) is 0.254. The molecule has 0 saturated heterocycles. The summed E-state index contributed by atoms with van der Waals surface area (Å²) in [6.07, 6.45) is 6.73. The van der Waals surface area contributed by atoms with Crippen molar-refractivity contribution in [2.24, 2.45) is 0 Å². The number of rotatable bonds is 10. The monoisotopic (exact) mass is 526 g/mol. The number of methoxy groups -OCH3 is 3. The van der Waals surface area contributed by atoms with Crippen LogP contribution in [0.5, 0.6) is 11.5 Å². The summed E-state index contributed by atoms with van der Waals surface area (Å²) < 4.78 is 47.7. The third kappa shape index (κ3) is 5.20. The predicted molar refractivity (Wildman–Crippen MR) is 134 cm³/mol. The van der Waals surface area contributed by atoms with Gasteiger partial charge in [0.25, 0.3) is 0 Å². The third-order valence-electron chi connectivity index (χ3n) is 5.54. The lowest BCUT2D eigenvalue weighted by Gasteiger charge is -2.22. The molecule has 0 aliphatic carbocycles. The molecule has 14 heteroatoms. The van der Waals surface area contributed by atoms with Crippen LogP contribution in [0.15, 0.2) is 49.2 Å². The van der Waals surface area contributed by atoms with Gasteiger partial charge in [0.05, 0.1) is 20.4 Å². The molecule has 37 heavy (non-hydrogen) atoms. The Balaban J connectivity index is 1.83. The van der Waals surface area contributed by atoms with Gasteiger partial charge in [-0.3, -0.25) is 14.3 Å². The van der Waals surface area contributed by atoms with Crippen LogP contribution in [-0.4, -0.2) is 69.7 Å². The minimum absolute atomic E-state index is 0.116. The van der Waals surface area contributed by atoms with Crippen LogP contribution < -0.4 is 14.2 Å². The number of sulfonamides is 1. The third-order valence-corrected chi connectivity index (χ3v) is 7.23. The molecule has 0 aliphatic heterocycles. The highest BCUT2D eigenvalue weighted by molar-refractivity contribution is 7.93. The molecule has 0 amide bonds. The fraction of sp³-hybridized carbons (Fsp3) is 0.304. The highest BCUT2D eigenvalue weighted by Crippen LogP contribution is 2.37. The lowest BCUT2D eigenvalue weighted by atomic mass is 10.2. The second-order valence-electron chi connectivity index (χ2n) is 7.91. The maximum Gasteiger partial charge on any atom is 0.243 e. The first-order chi connectivity index (χ1) is 17.8. The number of anilines is 1. The van der Waals surface area contributed by atoms with E-state index in [1.165, 1.54) is 51.4 Å². The number of para-hydroxylation sites is 1. The standard InChI is InChI=1S/C23H26N8O5S/c1-14-11-26-21(27-12-14)20(36-5)15(2)37(32,33)30-23-29-28-22(16-13-24-9-10-25-16)31(23)19-17(34-3)7-6-8-18(19)35-4/h6-13,15,20H,1-5H3,(H,29,30)/t15-,20-/m0/s1. The molecule has 0 spiro atoms. The quantitative estimate of drug-likeness (QED) is 0.323. The number of ether oxygens (including phenoxy) is 3. The number of hydrogen-bond donors (Lipinski definition) is 1. The van der Waals surface area contributed by atoms with Gasteiger partial charge in [0, 0.05) is 31.9 Å². The van der Waals surface area contributed by atoms with Crippen LogP contribution in [0.4, 0.5) is 5.95 Å². The average molecular weight is 527 g/mol. The van der Waals surface area contributed by atoms with Crippen molar-refractivity contribution in [1.82, 2.24) is 34.7 Å². The van der Waals surface area contributed by atoms with Crippen molar-refractivity contribution in [1.29, 1.82) is 0 Å². The summed E-state index contributed by atoms with van der Waals surface area (Å²) in [6.45, 7) is 3.33. The van der Waals surface area contributed by atoms with Gasteiger partial charge >= 0.3 is 0 Å². The molecule has 0 fully saturated rings. The Labute approximate surface area is 214 Å². The molecule has 13 nitrogen and oxygen atoms in total. The van der Waals surface area contributed by atoms with Crippen LogP contribution in [0, 0.1) is 6.92 Å². The second-order valence-corrected chi connectivity index (χ2v) is 9.95. The highest BCUT2D eigenvalue weighted by Gasteiger charge is 2.35. The molecular weight excluding hydrogens is 500 g/mol. The van der Waals surface area contributed by atoms with Crippen molar-refractivity contribution in [2.75, 3.05) is 26.1 Å². The predicted octanol–water partition coefficient (Wildman–Crippen LogP) is 2.36. The van der Waals surface area contributed by atoms with E-state index in [-0.39, 0.29) is 17.6 Å². The lowest BCUT2D eigenvalue weighted by molar-refractivity contribution is 0.0949. The zero-order chi connectivity index (χ0) is 26.6. The SMILES string of the molecule is COc1cccc(OC)c1-n1c(NS(=O)(=O)[C@@H](C)[C@H](OC)c2ncc(C)cn2)nnc1-c1cnccn1. The zero-order valence-corrected chi connectivity index (χ0v) is 21.7. The molecule has 0 saturated carbocycles. The number of aryl methyl sites for hydroxylation is 1. The van der Waals surface area contributed by atoms with Gasteiger partial charge in [-0.25, -0.2) is 23.4 Å². The summed E-state index contributed by atoms with van der Waals surface area (Å²) >= 11 is 0. The van der Waals surface area contributed by atoms with E-state index in [1.807, 2.05) is 6.92 Å². The molecule has 1 aromatic carbocycles. The summed E-state index contributed by atoms with van der Waals surface area (Å²) in [6, 6.07) is 5.15. The van der Waals surface area contributed by atoms with Gasteiger partial charge in [0.2, 0.25) is 16.0 Å². The molecule has 0 bridgehead atoms. The van der Waals surface area contributed by atoms with E-state index in [0.29, 0.717) is 22.9 Å². The van der Waals surface area contributed by atoms with Crippen LogP contribution >= 0.6 is 0 Å². The molecule has 2 atom stereocenters. The smallest absolute Gasteiger partial charge is 0.243 e. The molecule has 4 aromatic rings. The van der Waals surface area contributed by atoms with Crippen molar-refractivity contribution >= 4 is 16.0 Å². The average Bonchev–Trinajstić information content (AvgIpc) is 3.32. The van der Waals surface area contributed by atoms with E-state index in [4.69, 9.17) is 14.2 Å². The van der Waals surface area contributed by atoms with Gasteiger partial charge in [0.15, 0.2) is 11.6 Å². The Bertz CT molecular complexity index is 1440. The minimum Gasteiger partial charge on any atom is -0.494 e. The fourth-order valence-electron chi connectivity index (χ4n) is 3.63. The van der Waals surface area contributed by atoms with E-state index in [0.717, 1.165) is 5.56 Å². The molecule has 0 radical (unpaired) electrons. The zero-order valence-electron chi connectivity index (χ0n) is 20.9. The maximum absolute atomic E-state index is 13.6. The van der Waals surface area contributed by atoms with Crippen molar-refractivity contribution in [2.45, 2.75) is 25.2 Å². The van der Waals surface area contributed by atoms with Gasteiger partial charge in [-0.1, -0.05) is 6.07 Å². The summed E-state index contributed by atoms with van der Waals surface area (Å²) in [5, 5.41) is 7.23. The number of aromatic nitrogens is 7. The summed E-state index contributed by atoms with van der Waals surface area (Å²) in [4.78, 5) is 16.9. The van der Waals surface area contributed by atoms with E-state index in [9.17, 15) is 8.42 Å². The molecule has 0 aliphatic rings. The Morgan fingerprint density at radius 2 is 1.62 bits per heavy atom. The molecule has 3 heterocycles. The van der Waals surface area contributed by atoms with Crippen LogP contribution in [0.3, 0.4) is 0 Å². The topological polar surface area (TPSA) is 156 Å².